The van der Waals surface area contributed by atoms with Crippen LogP contribution in [0.3, 0.4) is 0 Å². The van der Waals surface area contributed by atoms with Crippen LogP contribution in [0, 0.1) is 0 Å². The quantitative estimate of drug-likeness (QED) is 0.934. The lowest BCUT2D eigenvalue weighted by Crippen LogP contribution is -2.26. The predicted molar refractivity (Wildman–Crippen MR) is 83.7 cm³/mol. The van der Waals surface area contributed by atoms with Gasteiger partial charge in [-0.25, -0.2) is 4.98 Å². The molecule has 20 heavy (non-hydrogen) atoms. The summed E-state index contributed by atoms with van der Waals surface area (Å²) in [7, 11) is 3.58. The fourth-order valence-electron chi connectivity index (χ4n) is 1.86. The van der Waals surface area contributed by atoms with Gasteiger partial charge in [-0.2, -0.15) is 0 Å². The summed E-state index contributed by atoms with van der Waals surface area (Å²) in [6.07, 6.45) is 1.63. The number of hydrogen-bond acceptors (Lipinski definition) is 3. The molecule has 1 heterocycles. The Balaban J connectivity index is 2.09. The topological polar surface area (TPSA) is 45.2 Å². The van der Waals surface area contributed by atoms with Gasteiger partial charge < -0.3 is 10.2 Å². The highest BCUT2D eigenvalue weighted by molar-refractivity contribution is 9.10. The van der Waals surface area contributed by atoms with Gasteiger partial charge in [0.1, 0.15) is 5.82 Å². The highest BCUT2D eigenvalue weighted by Gasteiger charge is 2.12. The van der Waals surface area contributed by atoms with Crippen molar-refractivity contribution in [1.29, 1.82) is 0 Å². The third-order valence-corrected chi connectivity index (χ3v) is 3.47. The van der Waals surface area contributed by atoms with E-state index in [4.69, 9.17) is 0 Å². The zero-order valence-corrected chi connectivity index (χ0v) is 13.0. The van der Waals surface area contributed by atoms with Crippen molar-refractivity contribution in [2.75, 3.05) is 19.4 Å². The molecule has 1 amide bonds. The number of carbonyl (C=O) groups excluding carboxylic acids is 1. The molecule has 4 nitrogen and oxygen atoms in total. The Morgan fingerprint density at radius 1 is 1.30 bits per heavy atom. The van der Waals surface area contributed by atoms with Crippen molar-refractivity contribution in [3.63, 3.8) is 0 Å². The summed E-state index contributed by atoms with van der Waals surface area (Å²) in [5.41, 5.74) is 1.72. The van der Waals surface area contributed by atoms with E-state index in [1.807, 2.05) is 24.3 Å². The van der Waals surface area contributed by atoms with Gasteiger partial charge in [0.05, 0.1) is 0 Å². The van der Waals surface area contributed by atoms with Gasteiger partial charge >= 0.3 is 0 Å². The second-order valence-corrected chi connectivity index (χ2v) is 5.38. The van der Waals surface area contributed by atoms with Crippen LogP contribution in [0.1, 0.15) is 15.9 Å². The molecule has 0 saturated carbocycles. The number of nitrogens with one attached hydrogen (secondary N) is 1. The Hall–Kier alpha value is -1.88. The van der Waals surface area contributed by atoms with Gasteiger partial charge in [0, 0.05) is 36.9 Å². The normalized spacial score (nSPS) is 10.2. The predicted octanol–water partition coefficient (Wildman–Crippen LogP) is 3.16. The monoisotopic (exact) mass is 333 g/mol. The maximum absolute atomic E-state index is 12.3. The van der Waals surface area contributed by atoms with Crippen LogP contribution in [0.5, 0.6) is 0 Å². The second kappa shape index (κ2) is 6.52. The third kappa shape index (κ3) is 3.57. The molecule has 2 rings (SSSR count). The fraction of sp³-hybridized carbons (Fsp3) is 0.200. The molecular weight excluding hydrogens is 318 g/mol. The van der Waals surface area contributed by atoms with E-state index in [1.54, 1.807) is 37.3 Å². The summed E-state index contributed by atoms with van der Waals surface area (Å²) in [5, 5.41) is 2.93. The lowest BCUT2D eigenvalue weighted by Gasteiger charge is -2.17. The van der Waals surface area contributed by atoms with E-state index in [0.29, 0.717) is 17.9 Å². The maximum Gasteiger partial charge on any atom is 0.254 e. The first-order valence-electron chi connectivity index (χ1n) is 6.24. The van der Waals surface area contributed by atoms with Crippen molar-refractivity contribution in [3.8, 4) is 0 Å². The lowest BCUT2D eigenvalue weighted by molar-refractivity contribution is 0.0785. The minimum Gasteiger partial charge on any atom is -0.373 e. The summed E-state index contributed by atoms with van der Waals surface area (Å²) in [6, 6.07) is 11.4. The molecule has 2 aromatic rings. The van der Waals surface area contributed by atoms with E-state index in [0.717, 1.165) is 10.0 Å². The maximum atomic E-state index is 12.3. The third-order valence-electron chi connectivity index (χ3n) is 2.94. The highest BCUT2D eigenvalue weighted by atomic mass is 79.9. The van der Waals surface area contributed by atoms with Crippen molar-refractivity contribution < 1.29 is 4.79 Å². The van der Waals surface area contributed by atoms with Gasteiger partial charge in [0.25, 0.3) is 5.91 Å². The molecule has 0 fully saturated rings. The minimum absolute atomic E-state index is 0.0215. The molecule has 0 saturated heterocycles. The number of anilines is 1. The highest BCUT2D eigenvalue weighted by Crippen LogP contribution is 2.14. The van der Waals surface area contributed by atoms with Crippen LogP contribution >= 0.6 is 15.9 Å². The summed E-state index contributed by atoms with van der Waals surface area (Å²) in [6.45, 7) is 0.573. The zero-order chi connectivity index (χ0) is 14.5. The number of aromatic nitrogens is 1. The number of pyridine rings is 1. The molecule has 5 heteroatoms. The van der Waals surface area contributed by atoms with Gasteiger partial charge in [0.2, 0.25) is 0 Å². The van der Waals surface area contributed by atoms with Gasteiger partial charge in [-0.3, -0.25) is 4.79 Å². The van der Waals surface area contributed by atoms with Crippen molar-refractivity contribution >= 4 is 27.7 Å². The van der Waals surface area contributed by atoms with Crippen LogP contribution < -0.4 is 5.32 Å². The fourth-order valence-corrected chi connectivity index (χ4v) is 2.12. The standard InChI is InChI=1S/C15H16BrN3O/c1-17-14-9-12(7-8-18-14)15(20)19(2)10-11-3-5-13(16)6-4-11/h3-9H,10H2,1-2H3,(H,17,18). The van der Waals surface area contributed by atoms with Crippen molar-refractivity contribution in [2.24, 2.45) is 0 Å². The molecule has 0 aliphatic rings. The van der Waals surface area contributed by atoms with Gasteiger partial charge in [-0.1, -0.05) is 28.1 Å². The SMILES string of the molecule is CNc1cc(C(=O)N(C)Cc2ccc(Br)cc2)ccn1. The van der Waals surface area contributed by atoms with Crippen LogP contribution in [-0.4, -0.2) is 29.9 Å². The van der Waals surface area contributed by atoms with Crippen molar-refractivity contribution in [2.45, 2.75) is 6.54 Å². The van der Waals surface area contributed by atoms with Crippen LogP contribution in [-0.2, 0) is 6.54 Å². The smallest absolute Gasteiger partial charge is 0.254 e. The number of benzene rings is 1. The molecule has 0 unspecified atom stereocenters. The number of rotatable bonds is 4. The molecule has 1 aromatic carbocycles. The van der Waals surface area contributed by atoms with Crippen LogP contribution in [0.15, 0.2) is 47.1 Å². The Morgan fingerprint density at radius 3 is 2.65 bits per heavy atom. The number of nitrogens with zero attached hydrogens (tertiary/aromatic N) is 2. The Labute approximate surface area is 127 Å². The van der Waals surface area contributed by atoms with E-state index < -0.39 is 0 Å². The van der Waals surface area contributed by atoms with Crippen molar-refractivity contribution in [1.82, 2.24) is 9.88 Å². The molecule has 0 spiro atoms. The first kappa shape index (κ1) is 14.5. The van der Waals surface area contributed by atoms with E-state index in [9.17, 15) is 4.79 Å². The molecule has 0 bridgehead atoms. The molecule has 0 aliphatic carbocycles. The van der Waals surface area contributed by atoms with E-state index in [1.165, 1.54) is 0 Å². The van der Waals surface area contributed by atoms with Gasteiger partial charge in [-0.05, 0) is 29.8 Å². The molecule has 1 aromatic heterocycles. The molecular formula is C15H16BrN3O. The Bertz CT molecular complexity index is 598. The van der Waals surface area contributed by atoms with Crippen molar-refractivity contribution in [3.05, 3.63) is 58.2 Å². The van der Waals surface area contributed by atoms with Crippen LogP contribution in [0.4, 0.5) is 5.82 Å². The van der Waals surface area contributed by atoms with E-state index in [-0.39, 0.29) is 5.91 Å². The molecule has 1 N–H and O–H groups in total. The Kier molecular flexibility index (Phi) is 4.74. The summed E-state index contributed by atoms with van der Waals surface area (Å²) in [4.78, 5) is 18.1. The van der Waals surface area contributed by atoms with Crippen LogP contribution in [0.25, 0.3) is 0 Å². The van der Waals surface area contributed by atoms with E-state index >= 15 is 0 Å². The van der Waals surface area contributed by atoms with Crippen LogP contribution in [0.2, 0.25) is 0 Å². The minimum atomic E-state index is -0.0215. The second-order valence-electron chi connectivity index (χ2n) is 4.47. The van der Waals surface area contributed by atoms with E-state index in [2.05, 4.69) is 26.2 Å². The first-order valence-corrected chi connectivity index (χ1v) is 7.03. The number of amides is 1. The number of halogens is 1. The zero-order valence-electron chi connectivity index (χ0n) is 11.4. The summed E-state index contributed by atoms with van der Waals surface area (Å²) < 4.78 is 1.03. The average Bonchev–Trinajstić information content (AvgIpc) is 2.48. The first-order chi connectivity index (χ1) is 9.60. The molecule has 104 valence electrons. The molecule has 0 radical (unpaired) electrons. The molecule has 0 aliphatic heterocycles. The largest absolute Gasteiger partial charge is 0.373 e. The average molecular weight is 334 g/mol. The summed E-state index contributed by atoms with van der Waals surface area (Å²) in [5.74, 6) is 0.666. The number of carbonyl (C=O) groups is 1. The van der Waals surface area contributed by atoms with Gasteiger partial charge in [0.15, 0.2) is 0 Å². The summed E-state index contributed by atoms with van der Waals surface area (Å²) >= 11 is 3.40. The Morgan fingerprint density at radius 2 is 2.00 bits per heavy atom. The number of hydrogen-bond donors (Lipinski definition) is 1. The van der Waals surface area contributed by atoms with Gasteiger partial charge in [-0.15, -0.1) is 0 Å². The molecule has 0 atom stereocenters. The lowest BCUT2D eigenvalue weighted by atomic mass is 10.2.